The normalized spacial score (nSPS) is 43.6. The Hall–Kier alpha value is -1.39. The zero-order valence-corrected chi connectivity index (χ0v) is 22.4. The number of amides is 1. The van der Waals surface area contributed by atoms with Crippen molar-refractivity contribution in [1.82, 2.24) is 10.6 Å². The van der Waals surface area contributed by atoms with E-state index in [0.717, 1.165) is 38.5 Å². The molecule has 36 heavy (non-hydrogen) atoms. The fourth-order valence-corrected chi connectivity index (χ4v) is 8.99. The Labute approximate surface area is 217 Å². The van der Waals surface area contributed by atoms with Crippen molar-refractivity contribution in [3.8, 4) is 12.3 Å². The molecular formula is C30H48N2O4. The van der Waals surface area contributed by atoms with Crippen molar-refractivity contribution >= 4 is 5.91 Å². The highest BCUT2D eigenvalue weighted by atomic mass is 16.3. The predicted molar refractivity (Wildman–Crippen MR) is 141 cm³/mol. The molecule has 0 bridgehead atoms. The first kappa shape index (κ1) is 27.6. The first-order valence-electron chi connectivity index (χ1n) is 14.3. The molecule has 202 valence electrons. The van der Waals surface area contributed by atoms with Crippen molar-refractivity contribution < 1.29 is 20.1 Å². The zero-order valence-electron chi connectivity index (χ0n) is 22.4. The third-order valence-electron chi connectivity index (χ3n) is 10.9. The summed E-state index contributed by atoms with van der Waals surface area (Å²) in [6, 6.07) is 0. The van der Waals surface area contributed by atoms with Crippen molar-refractivity contribution in [2.75, 3.05) is 7.05 Å². The Bertz CT molecular complexity index is 839. The van der Waals surface area contributed by atoms with Crippen LogP contribution in [0.5, 0.6) is 0 Å². The lowest BCUT2D eigenvalue weighted by atomic mass is 9.45. The second kappa shape index (κ2) is 11.6. The van der Waals surface area contributed by atoms with Gasteiger partial charge in [-0.15, -0.1) is 12.3 Å². The third kappa shape index (κ3) is 5.27. The SMILES string of the molecule is C#CCC(NC)NC(=O)/C=C/CCC(C)C1CCC2C1CCC1C2C(O)C(O)C2CC(O)CCC21C. The average Bonchev–Trinajstić information content (AvgIpc) is 3.30. The third-order valence-corrected chi connectivity index (χ3v) is 10.9. The van der Waals surface area contributed by atoms with E-state index in [9.17, 15) is 20.1 Å². The predicted octanol–water partition coefficient (Wildman–Crippen LogP) is 3.22. The Balaban J connectivity index is 1.34. The number of carbonyl (C=O) groups is 1. The minimum Gasteiger partial charge on any atom is -0.393 e. The topological polar surface area (TPSA) is 102 Å². The number of aliphatic hydroxyl groups excluding tert-OH is 3. The number of hydrogen-bond donors (Lipinski definition) is 5. The van der Waals surface area contributed by atoms with Crippen molar-refractivity contribution in [3.63, 3.8) is 0 Å². The molecule has 4 saturated carbocycles. The number of terminal acetylenes is 1. The second-order valence-electron chi connectivity index (χ2n) is 12.6. The monoisotopic (exact) mass is 500 g/mol. The smallest absolute Gasteiger partial charge is 0.244 e. The number of hydrogen-bond acceptors (Lipinski definition) is 5. The van der Waals surface area contributed by atoms with Gasteiger partial charge in [0, 0.05) is 6.42 Å². The lowest BCUT2D eigenvalue weighted by molar-refractivity contribution is -0.213. The molecule has 6 nitrogen and oxygen atoms in total. The summed E-state index contributed by atoms with van der Waals surface area (Å²) in [4.78, 5) is 12.1. The van der Waals surface area contributed by atoms with Crippen molar-refractivity contribution in [3.05, 3.63) is 12.2 Å². The molecule has 4 fully saturated rings. The molecule has 0 spiro atoms. The van der Waals surface area contributed by atoms with E-state index in [0.29, 0.717) is 42.4 Å². The summed E-state index contributed by atoms with van der Waals surface area (Å²) in [5.74, 6) is 5.38. The molecule has 12 unspecified atom stereocenters. The molecule has 0 aromatic carbocycles. The molecule has 0 heterocycles. The van der Waals surface area contributed by atoms with Crippen LogP contribution in [-0.4, -0.2) is 52.8 Å². The molecule has 0 saturated heterocycles. The zero-order chi connectivity index (χ0) is 26.0. The minimum absolute atomic E-state index is 0.00381. The molecule has 0 aliphatic heterocycles. The van der Waals surface area contributed by atoms with Crippen LogP contribution in [0.3, 0.4) is 0 Å². The molecule has 4 rings (SSSR count). The summed E-state index contributed by atoms with van der Waals surface area (Å²) < 4.78 is 0. The van der Waals surface area contributed by atoms with Gasteiger partial charge in [0.1, 0.15) is 0 Å². The highest BCUT2D eigenvalue weighted by Crippen LogP contribution is 2.64. The first-order valence-corrected chi connectivity index (χ1v) is 14.3. The average molecular weight is 501 g/mol. The summed E-state index contributed by atoms with van der Waals surface area (Å²) >= 11 is 0. The molecule has 5 N–H and O–H groups in total. The van der Waals surface area contributed by atoms with E-state index >= 15 is 0 Å². The maximum Gasteiger partial charge on any atom is 0.244 e. The van der Waals surface area contributed by atoms with E-state index < -0.39 is 12.2 Å². The summed E-state index contributed by atoms with van der Waals surface area (Å²) in [6.07, 6.45) is 16.4. The number of nitrogens with one attached hydrogen (secondary N) is 2. The van der Waals surface area contributed by atoms with Gasteiger partial charge in [-0.3, -0.25) is 10.1 Å². The Morgan fingerprint density at radius 2 is 1.86 bits per heavy atom. The molecule has 0 aromatic rings. The lowest BCUT2D eigenvalue weighted by Gasteiger charge is -2.61. The lowest BCUT2D eigenvalue weighted by Crippen LogP contribution is -2.63. The summed E-state index contributed by atoms with van der Waals surface area (Å²) in [6.45, 7) is 4.68. The van der Waals surface area contributed by atoms with Gasteiger partial charge in [0.2, 0.25) is 5.91 Å². The van der Waals surface area contributed by atoms with E-state index in [1.54, 1.807) is 13.1 Å². The molecule has 0 aromatic heterocycles. The first-order chi connectivity index (χ1) is 17.2. The van der Waals surface area contributed by atoms with Crippen LogP contribution in [0.25, 0.3) is 0 Å². The van der Waals surface area contributed by atoms with Gasteiger partial charge in [-0.25, -0.2) is 0 Å². The molecule has 12 atom stereocenters. The van der Waals surface area contributed by atoms with Crippen LogP contribution >= 0.6 is 0 Å². The largest absolute Gasteiger partial charge is 0.393 e. The van der Waals surface area contributed by atoms with Crippen molar-refractivity contribution in [2.45, 2.75) is 103 Å². The second-order valence-corrected chi connectivity index (χ2v) is 12.6. The van der Waals surface area contributed by atoms with Crippen LogP contribution < -0.4 is 10.6 Å². The van der Waals surface area contributed by atoms with Crippen LogP contribution in [0.4, 0.5) is 0 Å². The Morgan fingerprint density at radius 3 is 2.58 bits per heavy atom. The van der Waals surface area contributed by atoms with Gasteiger partial charge in [0.05, 0.1) is 24.5 Å². The van der Waals surface area contributed by atoms with Crippen LogP contribution in [0.15, 0.2) is 12.2 Å². The van der Waals surface area contributed by atoms with E-state index in [1.165, 1.54) is 12.8 Å². The molecule has 4 aliphatic rings. The number of rotatable bonds is 8. The number of allylic oxidation sites excluding steroid dienone is 1. The van der Waals surface area contributed by atoms with Crippen LogP contribution in [-0.2, 0) is 4.79 Å². The van der Waals surface area contributed by atoms with E-state index in [-0.39, 0.29) is 35.4 Å². The Morgan fingerprint density at radius 1 is 1.11 bits per heavy atom. The summed E-state index contributed by atoms with van der Waals surface area (Å²) in [5.41, 5.74) is 0.0229. The van der Waals surface area contributed by atoms with Gasteiger partial charge in [0.25, 0.3) is 0 Å². The number of carbonyl (C=O) groups excluding carboxylic acids is 1. The maximum atomic E-state index is 12.1. The van der Waals surface area contributed by atoms with E-state index in [4.69, 9.17) is 6.42 Å². The summed E-state index contributed by atoms with van der Waals surface area (Å²) in [7, 11) is 1.78. The molecule has 6 heteroatoms. The quantitative estimate of drug-likeness (QED) is 0.200. The molecule has 4 aliphatic carbocycles. The fourth-order valence-electron chi connectivity index (χ4n) is 8.99. The maximum absolute atomic E-state index is 12.1. The highest BCUT2D eigenvalue weighted by molar-refractivity contribution is 5.87. The van der Waals surface area contributed by atoms with Gasteiger partial charge in [-0.05, 0) is 118 Å². The van der Waals surface area contributed by atoms with Gasteiger partial charge < -0.3 is 20.6 Å². The van der Waals surface area contributed by atoms with Gasteiger partial charge >= 0.3 is 0 Å². The van der Waals surface area contributed by atoms with Crippen LogP contribution in [0.2, 0.25) is 0 Å². The van der Waals surface area contributed by atoms with Gasteiger partial charge in [-0.2, -0.15) is 0 Å². The molecular weight excluding hydrogens is 452 g/mol. The molecule has 0 radical (unpaired) electrons. The summed E-state index contributed by atoms with van der Waals surface area (Å²) in [5, 5.41) is 38.6. The number of fused-ring (bicyclic) bond motifs is 5. The van der Waals surface area contributed by atoms with Crippen molar-refractivity contribution in [1.29, 1.82) is 0 Å². The van der Waals surface area contributed by atoms with Gasteiger partial charge in [0.15, 0.2) is 0 Å². The van der Waals surface area contributed by atoms with E-state index in [2.05, 4.69) is 30.4 Å². The van der Waals surface area contributed by atoms with E-state index in [1.807, 2.05) is 6.08 Å². The Kier molecular flexibility index (Phi) is 8.87. The number of aliphatic hydroxyl groups is 3. The standard InChI is InChI=1S/C30H48N2O4/c1-5-8-25(31-4)32-26(34)10-7-6-9-18(2)20-11-12-22-21(20)13-14-23-27(22)29(36)28(35)24-17-19(33)15-16-30(23,24)3/h1,7,10,18-25,27-29,31,33,35-36H,6,8-9,11-17H2,2-4H3,(H,32,34)/b10-7+. The highest BCUT2D eigenvalue weighted by Gasteiger charge is 2.62. The van der Waals surface area contributed by atoms with Gasteiger partial charge in [-0.1, -0.05) is 19.9 Å². The van der Waals surface area contributed by atoms with Crippen LogP contribution in [0.1, 0.15) is 78.1 Å². The fraction of sp³-hybridized carbons (Fsp3) is 0.833. The van der Waals surface area contributed by atoms with Crippen LogP contribution in [0, 0.1) is 59.2 Å². The molecule has 1 amide bonds. The van der Waals surface area contributed by atoms with Crippen molar-refractivity contribution in [2.24, 2.45) is 46.8 Å². The minimum atomic E-state index is -0.721.